The molecule has 0 spiro atoms. The predicted octanol–water partition coefficient (Wildman–Crippen LogP) is 1.30. The van der Waals surface area contributed by atoms with E-state index in [0.29, 0.717) is 9.35 Å². The summed E-state index contributed by atoms with van der Waals surface area (Å²) in [6.07, 6.45) is 4.48. The summed E-state index contributed by atoms with van der Waals surface area (Å²) in [7, 11) is 0. The van der Waals surface area contributed by atoms with E-state index in [1.807, 2.05) is 6.20 Å². The van der Waals surface area contributed by atoms with Crippen LogP contribution in [0.5, 0.6) is 0 Å². The van der Waals surface area contributed by atoms with Crippen LogP contribution in [0.2, 0.25) is 3.43 Å². The minimum absolute atomic E-state index is 0.409. The van der Waals surface area contributed by atoms with Crippen molar-refractivity contribution in [1.29, 1.82) is 0 Å². The van der Waals surface area contributed by atoms with Crippen molar-refractivity contribution in [2.45, 2.75) is 43.0 Å². The molecule has 0 saturated heterocycles. The van der Waals surface area contributed by atoms with E-state index in [1.54, 1.807) is 0 Å². The van der Waals surface area contributed by atoms with Crippen molar-refractivity contribution in [2.75, 3.05) is 0 Å². The second kappa shape index (κ2) is 3.76. The van der Waals surface area contributed by atoms with E-state index < -0.39 is 21.1 Å². The number of hydrogen-bond acceptors (Lipinski definition) is 3. The van der Waals surface area contributed by atoms with Crippen molar-refractivity contribution in [2.24, 2.45) is 0 Å². The zero-order valence-corrected chi connectivity index (χ0v) is 11.8. The van der Waals surface area contributed by atoms with Crippen LogP contribution in [0.4, 0.5) is 0 Å². The van der Waals surface area contributed by atoms with E-state index in [9.17, 15) is 0 Å². The van der Waals surface area contributed by atoms with Gasteiger partial charge in [-0.2, -0.15) is 0 Å². The molecule has 1 heterocycles. The second-order valence-corrected chi connectivity index (χ2v) is 11.1. The van der Waals surface area contributed by atoms with Crippen molar-refractivity contribution >= 4 is 25.0 Å². The quantitative estimate of drug-likeness (QED) is 0.772. The Balaban J connectivity index is 2.06. The molecular weight excluding hydrogens is 281 g/mol. The topological polar surface area (TPSA) is 38.7 Å². The molecule has 0 bridgehead atoms. The van der Waals surface area contributed by atoms with E-state index in [0.717, 1.165) is 9.53 Å². The minimum atomic E-state index is -0.663. The molecule has 3 nitrogen and oxygen atoms in total. The van der Waals surface area contributed by atoms with Gasteiger partial charge in [0, 0.05) is 0 Å². The summed E-state index contributed by atoms with van der Waals surface area (Å²) in [6.45, 7) is 6.78. The summed E-state index contributed by atoms with van der Waals surface area (Å²) in [6, 6.07) is 0. The molecule has 14 heavy (non-hydrogen) atoms. The fourth-order valence-corrected chi connectivity index (χ4v) is 3.81. The van der Waals surface area contributed by atoms with Crippen LogP contribution in [-0.4, -0.2) is 36.3 Å². The van der Waals surface area contributed by atoms with Crippen LogP contribution in [0, 0.1) is 0 Å². The first-order valence-corrected chi connectivity index (χ1v) is 7.88. The Morgan fingerprint density at radius 2 is 2.00 bits per heavy atom. The average Bonchev–Trinajstić information content (AvgIpc) is 2.85. The molecule has 0 amide bonds. The van der Waals surface area contributed by atoms with E-state index in [1.165, 1.54) is 12.8 Å². The van der Waals surface area contributed by atoms with Crippen molar-refractivity contribution in [3.05, 3.63) is 11.9 Å². The third kappa shape index (κ3) is 2.90. The van der Waals surface area contributed by atoms with E-state index in [4.69, 9.17) is 0 Å². The fraction of sp³-hybridized carbons (Fsp3) is 0.700. The molecule has 0 N–H and O–H groups in total. The van der Waals surface area contributed by atoms with Crippen LogP contribution in [0.25, 0.3) is 0 Å². The summed E-state index contributed by atoms with van der Waals surface area (Å²) < 4.78 is 1.44. The Morgan fingerprint density at radius 1 is 1.29 bits per heavy atom. The van der Waals surface area contributed by atoms with Gasteiger partial charge >= 0.3 is 95.0 Å². The zero-order valence-electron chi connectivity index (χ0n) is 8.91. The molecule has 74 valence electrons. The number of aromatic nitrogens is 3. The molecule has 1 aliphatic rings. The zero-order chi connectivity index (χ0) is 10.2. The molecule has 1 aliphatic carbocycles. The third-order valence-electron chi connectivity index (χ3n) is 2.06. The number of nitrogens with zero attached hydrogens (tertiary/aromatic N) is 3. The first-order chi connectivity index (χ1) is 6.54. The summed E-state index contributed by atoms with van der Waals surface area (Å²) in [4.78, 5) is 4.43. The van der Waals surface area contributed by atoms with E-state index in [2.05, 4.69) is 36.0 Å². The summed E-state index contributed by atoms with van der Waals surface area (Å²) in [5.74, 6) is 0.670. The molecule has 2 rings (SSSR count). The van der Waals surface area contributed by atoms with Crippen LogP contribution in [0.1, 0.15) is 45.2 Å². The van der Waals surface area contributed by atoms with Gasteiger partial charge in [0.1, 0.15) is 0 Å². The summed E-state index contributed by atoms with van der Waals surface area (Å²) in [5.41, 5.74) is 1.10. The van der Waals surface area contributed by atoms with E-state index in [-0.39, 0.29) is 0 Å². The molecular formula is C10H15N3Sn. The summed E-state index contributed by atoms with van der Waals surface area (Å²) >= 11 is -0.663. The van der Waals surface area contributed by atoms with Gasteiger partial charge in [-0.05, 0) is 0 Å². The van der Waals surface area contributed by atoms with E-state index >= 15 is 0 Å². The van der Waals surface area contributed by atoms with Gasteiger partial charge in [0.05, 0.1) is 0 Å². The van der Waals surface area contributed by atoms with Crippen molar-refractivity contribution < 1.29 is 0 Å². The maximum absolute atomic E-state index is 4.43. The molecule has 0 aromatic carbocycles. The van der Waals surface area contributed by atoms with Gasteiger partial charge in [0.15, 0.2) is 0 Å². The molecule has 0 atom stereocenters. The Hall–Kier alpha value is -0.191. The molecule has 1 saturated carbocycles. The monoisotopic (exact) mass is 297 g/mol. The second-order valence-electron chi connectivity index (χ2n) is 4.86. The SMILES string of the molecule is C[C](C)(C)[Sn][c]1ncc(C2CC2)nn1. The molecule has 1 aromatic rings. The van der Waals surface area contributed by atoms with Crippen molar-refractivity contribution in [1.82, 2.24) is 15.2 Å². The molecule has 4 heteroatoms. The van der Waals surface area contributed by atoms with Crippen LogP contribution in [0.3, 0.4) is 0 Å². The molecule has 0 unspecified atom stereocenters. The van der Waals surface area contributed by atoms with Gasteiger partial charge in [0.2, 0.25) is 0 Å². The normalized spacial score (nSPS) is 17.1. The number of hydrogen-bond donors (Lipinski definition) is 0. The molecule has 1 fully saturated rings. The average molecular weight is 296 g/mol. The number of rotatable bonds is 2. The van der Waals surface area contributed by atoms with Crippen molar-refractivity contribution in [3.63, 3.8) is 0 Å². The van der Waals surface area contributed by atoms with Crippen LogP contribution >= 0.6 is 0 Å². The molecule has 2 radical (unpaired) electrons. The van der Waals surface area contributed by atoms with Gasteiger partial charge in [-0.25, -0.2) is 0 Å². The van der Waals surface area contributed by atoms with Gasteiger partial charge < -0.3 is 0 Å². The van der Waals surface area contributed by atoms with Gasteiger partial charge in [-0.3, -0.25) is 0 Å². The Bertz CT molecular complexity index is 311. The Kier molecular flexibility index (Phi) is 2.77. The first kappa shape index (κ1) is 10.3. The van der Waals surface area contributed by atoms with Gasteiger partial charge in [-0.1, -0.05) is 0 Å². The van der Waals surface area contributed by atoms with Crippen LogP contribution in [0.15, 0.2) is 6.20 Å². The summed E-state index contributed by atoms with van der Waals surface area (Å²) in [5, 5.41) is 8.49. The standard InChI is InChI=1S/C6H6N3.C4H9.Sn/c1-2-5(1)6-3-7-4-8-9-6;1-4(2)3;/h3,5H,1-2H2;1-3H3;. The van der Waals surface area contributed by atoms with Gasteiger partial charge in [0.25, 0.3) is 0 Å². The van der Waals surface area contributed by atoms with Gasteiger partial charge in [-0.15, -0.1) is 0 Å². The van der Waals surface area contributed by atoms with Crippen LogP contribution in [-0.2, 0) is 0 Å². The Morgan fingerprint density at radius 3 is 2.43 bits per heavy atom. The predicted molar refractivity (Wildman–Crippen MR) is 56.9 cm³/mol. The molecule has 1 aromatic heterocycles. The van der Waals surface area contributed by atoms with Crippen LogP contribution < -0.4 is 3.84 Å². The Labute approximate surface area is 95.0 Å². The third-order valence-corrected chi connectivity index (χ3v) is 5.49. The van der Waals surface area contributed by atoms with Crippen molar-refractivity contribution in [3.8, 4) is 0 Å². The first-order valence-electron chi connectivity index (χ1n) is 5.02. The maximum atomic E-state index is 4.43. The fourth-order valence-electron chi connectivity index (χ4n) is 1.24. The molecule has 0 aliphatic heterocycles.